The topological polar surface area (TPSA) is 242 Å². The third-order valence-electron chi connectivity index (χ3n) is 7.91. The summed E-state index contributed by atoms with van der Waals surface area (Å²) in [6.45, 7) is 3.34. The molecule has 0 bridgehead atoms. The van der Waals surface area contributed by atoms with Crippen LogP contribution in [0.15, 0.2) is 0 Å². The van der Waals surface area contributed by atoms with Crippen molar-refractivity contribution in [1.29, 1.82) is 0 Å². The first-order valence-electron chi connectivity index (χ1n) is 15.6. The van der Waals surface area contributed by atoms with Gasteiger partial charge in [0.25, 0.3) is 0 Å². The monoisotopic (exact) mass is 741 g/mol. The first kappa shape index (κ1) is 43.7. The predicted molar refractivity (Wildman–Crippen MR) is 185 cm³/mol. The number of rotatable bonds is 2. The molecule has 1 rings (SSSR count). The molecule has 1 saturated heterocycles. The molecule has 1 fully saturated rings. The number of amides is 16. The van der Waals surface area contributed by atoms with Crippen LogP contribution in [-0.4, -0.2) is 181 Å². The van der Waals surface area contributed by atoms with Crippen molar-refractivity contribution >= 4 is 74.1 Å². The van der Waals surface area contributed by atoms with Gasteiger partial charge in [0.1, 0.15) is 12.6 Å². The predicted octanol–water partition coefficient (Wildman–Crippen LogP) is -0.827. The quantitative estimate of drug-likeness (QED) is 0.256. The Balaban J connectivity index is 3.36. The van der Waals surface area contributed by atoms with Crippen molar-refractivity contribution in [3.63, 3.8) is 0 Å². The molecule has 0 saturated carbocycles. The van der Waals surface area contributed by atoms with E-state index in [1.165, 1.54) is 26.0 Å². The Hall–Kier alpha value is -5.33. The van der Waals surface area contributed by atoms with E-state index in [0.29, 0.717) is 21.1 Å². The molecule has 3 atom stereocenters. The maximum Gasteiger partial charge on any atom is 0.335 e. The van der Waals surface area contributed by atoms with E-state index < -0.39 is 91.5 Å². The highest BCUT2D eigenvalue weighted by atomic mass is 31.0. The van der Waals surface area contributed by atoms with Gasteiger partial charge >= 0.3 is 36.2 Å². The van der Waals surface area contributed by atoms with Crippen LogP contribution in [0.4, 0.5) is 28.8 Å². The molecule has 22 heteroatoms. The van der Waals surface area contributed by atoms with Gasteiger partial charge in [-0.15, -0.1) is 0 Å². The van der Waals surface area contributed by atoms with Gasteiger partial charge in [-0.2, -0.15) is 0 Å². The van der Waals surface area contributed by atoms with Crippen LogP contribution in [0, 0.1) is 5.92 Å². The third kappa shape index (κ3) is 12.5. The van der Waals surface area contributed by atoms with Gasteiger partial charge in [-0.25, -0.2) is 38.6 Å². The average Bonchev–Trinajstić information content (AvgIpc) is 3.06. The molecule has 0 radical (unpaired) electrons. The van der Waals surface area contributed by atoms with Gasteiger partial charge in [0.2, 0.25) is 23.6 Å². The van der Waals surface area contributed by atoms with Gasteiger partial charge in [0.05, 0.1) is 13.1 Å². The first-order chi connectivity index (χ1) is 23.5. The molecule has 0 aliphatic carbocycles. The van der Waals surface area contributed by atoms with Crippen LogP contribution in [-0.2, 0) is 19.2 Å². The molecular formula is C29H48N11O10P. The largest absolute Gasteiger partial charge is 0.335 e. The van der Waals surface area contributed by atoms with Gasteiger partial charge in [0, 0.05) is 67.2 Å². The van der Waals surface area contributed by atoms with E-state index in [0.717, 1.165) is 42.9 Å². The SMILES string of the molecule is CC[C@H](C)[C@@H]1NC(=O)N(C)C(=P)C[C@@H](C)NC(=O)N(C)C(=O)N(C)C(=O)NC(=O)NC(=O)CN(C)C(=O)N(C)C(=O)CN(C)C(=O)CN(C)C1=O. The summed E-state index contributed by atoms with van der Waals surface area (Å²) >= 11 is 0. The molecule has 4 N–H and O–H groups in total. The maximum atomic E-state index is 13.5. The number of likely N-dealkylation sites (N-methyl/N-ethyl adjacent to an activating group) is 4. The second kappa shape index (κ2) is 19.2. The number of carbonyl (C=O) groups is 10. The van der Waals surface area contributed by atoms with Crippen LogP contribution >= 0.6 is 8.86 Å². The Bertz CT molecular complexity index is 1440. The molecule has 0 aromatic carbocycles. The van der Waals surface area contributed by atoms with Crippen molar-refractivity contribution in [2.45, 2.75) is 45.7 Å². The minimum Gasteiger partial charge on any atom is -0.335 e. The number of nitrogens with one attached hydrogen (secondary N) is 4. The van der Waals surface area contributed by atoms with Crippen LogP contribution in [0.25, 0.3) is 0 Å². The summed E-state index contributed by atoms with van der Waals surface area (Å²) < 4.78 is 0. The highest BCUT2D eigenvalue weighted by molar-refractivity contribution is 7.21. The molecule has 284 valence electrons. The Kier molecular flexibility index (Phi) is 16.4. The van der Waals surface area contributed by atoms with Crippen LogP contribution in [0.3, 0.4) is 0 Å². The summed E-state index contributed by atoms with van der Waals surface area (Å²) in [6, 6.07) is -8.15. The Morgan fingerprint density at radius 1 is 0.647 bits per heavy atom. The number of imide groups is 5. The average molecular weight is 742 g/mol. The summed E-state index contributed by atoms with van der Waals surface area (Å²) in [5.41, 5.74) is 0.277. The minimum atomic E-state index is -1.35. The molecule has 21 nitrogen and oxygen atoms in total. The van der Waals surface area contributed by atoms with Gasteiger partial charge in [-0.3, -0.25) is 39.6 Å². The lowest BCUT2D eigenvalue weighted by Gasteiger charge is -2.31. The molecule has 0 spiro atoms. The maximum absolute atomic E-state index is 13.5. The number of hydrogen-bond donors (Lipinski definition) is 4. The Morgan fingerprint density at radius 3 is 1.75 bits per heavy atom. The lowest BCUT2D eigenvalue weighted by Crippen LogP contribution is -2.56. The molecule has 0 aromatic rings. The summed E-state index contributed by atoms with van der Waals surface area (Å²) in [5, 5.41) is 8.76. The second-order valence-electron chi connectivity index (χ2n) is 12.1. The Morgan fingerprint density at radius 2 is 1.18 bits per heavy atom. The van der Waals surface area contributed by atoms with Crippen molar-refractivity contribution in [2.24, 2.45) is 5.92 Å². The number of urea groups is 6. The smallest absolute Gasteiger partial charge is 0.335 e. The van der Waals surface area contributed by atoms with Crippen LogP contribution in [0.5, 0.6) is 0 Å². The van der Waals surface area contributed by atoms with Crippen molar-refractivity contribution in [1.82, 2.24) is 55.6 Å². The lowest BCUT2D eigenvalue weighted by atomic mass is 9.98. The number of nitrogens with zero attached hydrogens (tertiary/aromatic N) is 7. The van der Waals surface area contributed by atoms with Gasteiger partial charge in [-0.05, 0) is 12.8 Å². The fourth-order valence-electron chi connectivity index (χ4n) is 4.28. The standard InChI is InChI=1S/C29H48N11O10P/c1-11-16(2)22-23(44)35(5)14-19(42)34(4)15-20(43)37(7)28(49)36(6)13-18(41)31-24(45)33-27(48)40(10)29(50)39(9)25(46)30-17(3)12-21(51)38(8)26(47)32-22/h16-17,22,51H,11-15H2,1-10H3,(H,30,46)(H,32,47)(H2,31,33,41,45,48)/t16-,17+,22-/m0/s1. The zero-order chi connectivity index (χ0) is 39.5. The summed E-state index contributed by atoms with van der Waals surface area (Å²) in [5.74, 6) is -3.51. The highest BCUT2D eigenvalue weighted by Crippen LogP contribution is 2.12. The molecule has 0 unspecified atom stereocenters. The fraction of sp³-hybridized carbons (Fsp3) is 0.621. The van der Waals surface area contributed by atoms with E-state index >= 15 is 0 Å². The fourth-order valence-corrected chi connectivity index (χ4v) is 4.69. The molecule has 16 amide bonds. The molecule has 0 aromatic heterocycles. The first-order valence-corrected chi connectivity index (χ1v) is 16.1. The molecule has 51 heavy (non-hydrogen) atoms. The van der Waals surface area contributed by atoms with Crippen LogP contribution in [0.2, 0.25) is 0 Å². The molecule has 1 aliphatic rings. The van der Waals surface area contributed by atoms with Crippen molar-refractivity contribution in [2.75, 3.05) is 69.0 Å². The van der Waals surface area contributed by atoms with E-state index in [4.69, 9.17) is 0 Å². The lowest BCUT2D eigenvalue weighted by molar-refractivity contribution is -0.142. The number of hydrogen-bond acceptors (Lipinski definition) is 10. The van der Waals surface area contributed by atoms with Gasteiger partial charge in [-0.1, -0.05) is 29.1 Å². The van der Waals surface area contributed by atoms with E-state index in [9.17, 15) is 47.9 Å². The zero-order valence-corrected chi connectivity index (χ0v) is 31.5. The third-order valence-corrected chi connectivity index (χ3v) is 8.45. The summed E-state index contributed by atoms with van der Waals surface area (Å²) in [4.78, 5) is 134. The highest BCUT2D eigenvalue weighted by Gasteiger charge is 2.33. The second-order valence-corrected chi connectivity index (χ2v) is 12.7. The summed E-state index contributed by atoms with van der Waals surface area (Å²) in [7, 11) is 11.7. The van der Waals surface area contributed by atoms with E-state index in [1.807, 2.05) is 6.92 Å². The molecular weight excluding hydrogens is 693 g/mol. The minimum absolute atomic E-state index is 0.0382. The molecule has 1 heterocycles. The van der Waals surface area contributed by atoms with Crippen molar-refractivity contribution in [3.05, 3.63) is 0 Å². The van der Waals surface area contributed by atoms with Crippen LogP contribution in [0.1, 0.15) is 33.6 Å². The van der Waals surface area contributed by atoms with Gasteiger partial charge in [0.15, 0.2) is 0 Å². The normalized spacial score (nSPS) is 22.4. The van der Waals surface area contributed by atoms with E-state index in [2.05, 4.69) is 19.5 Å². The number of carbonyl (C=O) groups excluding carboxylic acids is 10. The zero-order valence-electron chi connectivity index (χ0n) is 30.5. The van der Waals surface area contributed by atoms with Crippen molar-refractivity contribution in [3.8, 4) is 0 Å². The van der Waals surface area contributed by atoms with Gasteiger partial charge < -0.3 is 25.3 Å². The Labute approximate surface area is 298 Å². The van der Waals surface area contributed by atoms with Crippen molar-refractivity contribution < 1.29 is 47.9 Å². The van der Waals surface area contributed by atoms with E-state index in [1.54, 1.807) is 24.5 Å². The van der Waals surface area contributed by atoms with Crippen LogP contribution < -0.4 is 21.3 Å². The summed E-state index contributed by atoms with van der Waals surface area (Å²) in [6.07, 6.45) is 0.524. The van der Waals surface area contributed by atoms with E-state index in [-0.39, 0.29) is 17.8 Å². The molecule has 1 aliphatic heterocycles.